The van der Waals surface area contributed by atoms with E-state index in [1.807, 2.05) is 66.7 Å². The molecule has 0 fully saturated rings. The lowest BCUT2D eigenvalue weighted by Gasteiger charge is -2.05. The van der Waals surface area contributed by atoms with Crippen LogP contribution < -0.4 is 10.1 Å². The van der Waals surface area contributed by atoms with Crippen LogP contribution in [0.3, 0.4) is 0 Å². The van der Waals surface area contributed by atoms with Crippen LogP contribution in [-0.4, -0.2) is 29.0 Å². The van der Waals surface area contributed by atoms with E-state index in [4.69, 9.17) is 9.15 Å². The Morgan fingerprint density at radius 3 is 2.61 bits per heavy atom. The molecule has 1 heterocycles. The molecule has 1 aromatic heterocycles. The number of carbonyl (C=O) groups excluding carboxylic acids is 1. The van der Waals surface area contributed by atoms with Crippen molar-refractivity contribution in [1.29, 1.82) is 0 Å². The van der Waals surface area contributed by atoms with E-state index in [0.29, 0.717) is 11.1 Å². The van der Waals surface area contributed by atoms with Crippen LogP contribution in [-0.2, 0) is 4.79 Å². The van der Waals surface area contributed by atoms with Crippen LogP contribution in [0, 0.1) is 0 Å². The number of benzene rings is 3. The zero-order valence-electron chi connectivity index (χ0n) is 15.1. The van der Waals surface area contributed by atoms with E-state index in [0.717, 1.165) is 27.8 Å². The van der Waals surface area contributed by atoms with Gasteiger partial charge < -0.3 is 14.5 Å². The number of hydrogen-bond donors (Lipinski definition) is 1. The molecule has 0 saturated carbocycles. The molecule has 0 bridgehead atoms. The predicted molar refractivity (Wildman–Crippen MR) is 110 cm³/mol. The molecule has 6 nitrogen and oxygen atoms in total. The van der Waals surface area contributed by atoms with Gasteiger partial charge in [-0.3, -0.25) is 4.79 Å². The Morgan fingerprint density at radius 2 is 1.82 bits per heavy atom. The van der Waals surface area contributed by atoms with Gasteiger partial charge in [0.2, 0.25) is 11.8 Å². The number of hydrogen-bond acceptors (Lipinski definition) is 6. The number of amides is 1. The van der Waals surface area contributed by atoms with Crippen LogP contribution in [0.15, 0.2) is 76.4 Å². The molecule has 28 heavy (non-hydrogen) atoms. The number of nitrogens with one attached hydrogen (secondary N) is 1. The number of ether oxygens (including phenoxy) is 1. The minimum Gasteiger partial charge on any atom is -0.497 e. The molecular weight excluding hydrogens is 374 g/mol. The van der Waals surface area contributed by atoms with Crippen molar-refractivity contribution in [2.75, 3.05) is 18.2 Å². The largest absolute Gasteiger partial charge is 0.497 e. The summed E-state index contributed by atoms with van der Waals surface area (Å²) in [5, 5.41) is 13.5. The van der Waals surface area contributed by atoms with Crippen molar-refractivity contribution in [3.8, 4) is 17.2 Å². The highest BCUT2D eigenvalue weighted by Crippen LogP contribution is 2.25. The van der Waals surface area contributed by atoms with Gasteiger partial charge in [-0.25, -0.2) is 0 Å². The first-order valence-electron chi connectivity index (χ1n) is 8.61. The van der Waals surface area contributed by atoms with Crippen LogP contribution in [0.25, 0.3) is 22.2 Å². The van der Waals surface area contributed by atoms with Crippen LogP contribution in [0.1, 0.15) is 0 Å². The molecule has 0 saturated heterocycles. The van der Waals surface area contributed by atoms with Crippen molar-refractivity contribution in [3.63, 3.8) is 0 Å². The standard InChI is InChI=1S/C21H17N3O3S/c1-26-18-10-7-15(8-11-18)20-23-24-21(27-20)28-13-19(25)22-17-9-6-14-4-2-3-5-16(14)12-17/h2-12H,13H2,1H3,(H,22,25). The zero-order valence-corrected chi connectivity index (χ0v) is 15.9. The Kier molecular flexibility index (Phi) is 5.25. The molecule has 0 atom stereocenters. The molecule has 140 valence electrons. The fourth-order valence-electron chi connectivity index (χ4n) is 2.71. The molecule has 0 aliphatic heterocycles. The molecule has 0 unspecified atom stereocenters. The molecule has 0 aliphatic rings. The molecule has 1 N–H and O–H groups in total. The molecule has 3 aromatic carbocycles. The Labute approximate surface area is 165 Å². The maximum absolute atomic E-state index is 12.2. The fraction of sp³-hybridized carbons (Fsp3) is 0.0952. The van der Waals surface area contributed by atoms with Crippen LogP contribution in [0.2, 0.25) is 0 Å². The van der Waals surface area contributed by atoms with E-state index in [-0.39, 0.29) is 11.7 Å². The predicted octanol–water partition coefficient (Wildman–Crippen LogP) is 4.63. The number of thioether (sulfide) groups is 1. The van der Waals surface area contributed by atoms with E-state index >= 15 is 0 Å². The van der Waals surface area contributed by atoms with Crippen molar-refractivity contribution in [1.82, 2.24) is 10.2 Å². The van der Waals surface area contributed by atoms with E-state index in [1.165, 1.54) is 11.8 Å². The third-order valence-electron chi connectivity index (χ3n) is 4.10. The normalized spacial score (nSPS) is 10.8. The summed E-state index contributed by atoms with van der Waals surface area (Å²) >= 11 is 1.20. The fourth-order valence-corrected chi connectivity index (χ4v) is 3.27. The molecule has 7 heteroatoms. The number of anilines is 1. The number of fused-ring (bicyclic) bond motifs is 1. The number of carbonyl (C=O) groups is 1. The summed E-state index contributed by atoms with van der Waals surface area (Å²) in [6, 6.07) is 21.2. The number of rotatable bonds is 6. The Bertz CT molecular complexity index is 1110. The van der Waals surface area contributed by atoms with Crippen LogP contribution in [0.5, 0.6) is 5.75 Å². The lowest BCUT2D eigenvalue weighted by atomic mass is 10.1. The van der Waals surface area contributed by atoms with Gasteiger partial charge >= 0.3 is 0 Å². The first-order chi connectivity index (χ1) is 13.7. The average molecular weight is 391 g/mol. The Balaban J connectivity index is 1.36. The summed E-state index contributed by atoms with van der Waals surface area (Å²) < 4.78 is 10.8. The second-order valence-corrected chi connectivity index (χ2v) is 6.93. The van der Waals surface area contributed by atoms with Crippen molar-refractivity contribution >= 4 is 34.1 Å². The van der Waals surface area contributed by atoms with Gasteiger partial charge in [-0.1, -0.05) is 42.1 Å². The van der Waals surface area contributed by atoms with E-state index in [2.05, 4.69) is 15.5 Å². The van der Waals surface area contributed by atoms with Crippen molar-refractivity contribution in [2.24, 2.45) is 0 Å². The number of nitrogens with zero attached hydrogens (tertiary/aromatic N) is 2. The first-order valence-corrected chi connectivity index (χ1v) is 9.59. The second-order valence-electron chi connectivity index (χ2n) is 6.00. The highest BCUT2D eigenvalue weighted by molar-refractivity contribution is 7.99. The lowest BCUT2D eigenvalue weighted by molar-refractivity contribution is -0.113. The maximum atomic E-state index is 12.2. The molecular formula is C21H17N3O3S. The van der Waals surface area contributed by atoms with Gasteiger partial charge in [0.15, 0.2) is 0 Å². The topological polar surface area (TPSA) is 77.2 Å². The van der Waals surface area contributed by atoms with Gasteiger partial charge in [0.25, 0.3) is 5.22 Å². The second kappa shape index (κ2) is 8.14. The summed E-state index contributed by atoms with van der Waals surface area (Å²) in [4.78, 5) is 12.2. The summed E-state index contributed by atoms with van der Waals surface area (Å²) in [5.74, 6) is 1.20. The van der Waals surface area contributed by atoms with Gasteiger partial charge in [0, 0.05) is 11.3 Å². The summed E-state index contributed by atoms with van der Waals surface area (Å²) in [6.45, 7) is 0. The Hall–Kier alpha value is -3.32. The highest BCUT2D eigenvalue weighted by Gasteiger charge is 2.12. The van der Waals surface area contributed by atoms with Gasteiger partial charge in [-0.05, 0) is 47.2 Å². The molecule has 0 aliphatic carbocycles. The van der Waals surface area contributed by atoms with Gasteiger partial charge in [0.1, 0.15) is 5.75 Å². The summed E-state index contributed by atoms with van der Waals surface area (Å²) in [5.41, 5.74) is 1.55. The van der Waals surface area contributed by atoms with Gasteiger partial charge in [-0.15, -0.1) is 10.2 Å². The smallest absolute Gasteiger partial charge is 0.277 e. The zero-order chi connectivity index (χ0) is 19.3. The molecule has 4 aromatic rings. The molecule has 0 spiro atoms. The minimum atomic E-state index is -0.135. The maximum Gasteiger partial charge on any atom is 0.277 e. The van der Waals surface area contributed by atoms with Crippen LogP contribution in [0.4, 0.5) is 5.69 Å². The van der Waals surface area contributed by atoms with E-state index in [1.54, 1.807) is 7.11 Å². The molecule has 0 radical (unpaired) electrons. The minimum absolute atomic E-state index is 0.135. The van der Waals surface area contributed by atoms with Crippen molar-refractivity contribution in [3.05, 3.63) is 66.7 Å². The van der Waals surface area contributed by atoms with Gasteiger partial charge in [0.05, 0.1) is 12.9 Å². The van der Waals surface area contributed by atoms with E-state index in [9.17, 15) is 4.79 Å². The number of methoxy groups -OCH3 is 1. The monoisotopic (exact) mass is 391 g/mol. The lowest BCUT2D eigenvalue weighted by Crippen LogP contribution is -2.13. The third kappa shape index (κ3) is 4.15. The van der Waals surface area contributed by atoms with Crippen molar-refractivity contribution < 1.29 is 13.9 Å². The Morgan fingerprint density at radius 1 is 1.04 bits per heavy atom. The first kappa shape index (κ1) is 18.1. The van der Waals surface area contributed by atoms with Crippen LogP contribution >= 0.6 is 11.8 Å². The van der Waals surface area contributed by atoms with Gasteiger partial charge in [-0.2, -0.15) is 0 Å². The SMILES string of the molecule is COc1ccc(-c2nnc(SCC(=O)Nc3ccc4ccccc4c3)o2)cc1. The summed E-state index contributed by atoms with van der Waals surface area (Å²) in [6.07, 6.45) is 0. The number of aromatic nitrogens is 2. The highest BCUT2D eigenvalue weighted by atomic mass is 32.2. The van der Waals surface area contributed by atoms with E-state index < -0.39 is 0 Å². The third-order valence-corrected chi connectivity index (χ3v) is 4.92. The average Bonchev–Trinajstić information content (AvgIpc) is 3.21. The molecule has 4 rings (SSSR count). The van der Waals surface area contributed by atoms with Crippen molar-refractivity contribution in [2.45, 2.75) is 5.22 Å². The quantitative estimate of drug-likeness (QED) is 0.483. The summed E-state index contributed by atoms with van der Waals surface area (Å²) in [7, 11) is 1.61. The molecule has 1 amide bonds.